The second-order valence-electron chi connectivity index (χ2n) is 4.17. The molecule has 1 unspecified atom stereocenters. The van der Waals surface area contributed by atoms with Gasteiger partial charge < -0.3 is 4.79 Å². The third-order valence-electron chi connectivity index (χ3n) is 3.15. The molecule has 0 spiro atoms. The van der Waals surface area contributed by atoms with E-state index in [9.17, 15) is 4.79 Å². The molecule has 0 N–H and O–H groups in total. The van der Waals surface area contributed by atoms with Crippen molar-refractivity contribution in [1.82, 2.24) is 0 Å². The van der Waals surface area contributed by atoms with E-state index in [0.29, 0.717) is 5.92 Å². The van der Waals surface area contributed by atoms with Crippen LogP contribution in [0.1, 0.15) is 24.3 Å². The van der Waals surface area contributed by atoms with E-state index >= 15 is 0 Å². The summed E-state index contributed by atoms with van der Waals surface area (Å²) in [4.78, 5) is 11.3. The normalized spacial score (nSPS) is 19.3. The highest BCUT2D eigenvalue weighted by Crippen LogP contribution is 2.34. The van der Waals surface area contributed by atoms with Crippen molar-refractivity contribution in [3.05, 3.63) is 34.9 Å². The van der Waals surface area contributed by atoms with Crippen molar-refractivity contribution in [2.24, 2.45) is 5.92 Å². The van der Waals surface area contributed by atoms with Gasteiger partial charge in [-0.1, -0.05) is 23.7 Å². The van der Waals surface area contributed by atoms with E-state index in [4.69, 9.17) is 11.6 Å². The number of carbonyl (C=O) groups excluding carboxylic acids is 1. The largest absolute Gasteiger partial charge is 0.303 e. The molecule has 1 saturated heterocycles. The van der Waals surface area contributed by atoms with Gasteiger partial charge in [0, 0.05) is 10.9 Å². The van der Waals surface area contributed by atoms with Gasteiger partial charge in [0.05, 0.1) is 0 Å². The van der Waals surface area contributed by atoms with Gasteiger partial charge >= 0.3 is 0 Å². The monoisotopic (exact) mass is 254 g/mol. The van der Waals surface area contributed by atoms with Gasteiger partial charge in [0.25, 0.3) is 0 Å². The molecule has 1 aliphatic rings. The third kappa shape index (κ3) is 2.80. The second kappa shape index (κ2) is 5.74. The first-order valence-electron chi connectivity index (χ1n) is 5.60. The van der Waals surface area contributed by atoms with Crippen LogP contribution in [0.3, 0.4) is 0 Å². The van der Waals surface area contributed by atoms with Crippen molar-refractivity contribution >= 4 is 29.6 Å². The van der Waals surface area contributed by atoms with Crippen LogP contribution in [0.25, 0.3) is 0 Å². The Balaban J connectivity index is 2.17. The highest BCUT2D eigenvalue weighted by molar-refractivity contribution is 7.99. The van der Waals surface area contributed by atoms with Crippen LogP contribution >= 0.6 is 23.4 Å². The lowest BCUT2D eigenvalue weighted by molar-refractivity contribution is -0.110. The van der Waals surface area contributed by atoms with E-state index < -0.39 is 0 Å². The van der Waals surface area contributed by atoms with Gasteiger partial charge in [-0.2, -0.15) is 11.8 Å². The Morgan fingerprint density at radius 1 is 1.38 bits per heavy atom. The van der Waals surface area contributed by atoms with Crippen molar-refractivity contribution in [2.75, 3.05) is 11.5 Å². The highest BCUT2D eigenvalue weighted by Gasteiger charge is 2.24. The minimum absolute atomic E-state index is 0.0274. The Morgan fingerprint density at radius 3 is 2.75 bits per heavy atom. The fourth-order valence-corrected chi connectivity index (χ4v) is 3.59. The summed E-state index contributed by atoms with van der Waals surface area (Å²) in [6, 6.07) is 7.70. The average molecular weight is 255 g/mol. The summed E-state index contributed by atoms with van der Waals surface area (Å²) in [6.45, 7) is 0. The smallest absolute Gasteiger partial charge is 0.127 e. The van der Waals surface area contributed by atoms with Crippen LogP contribution in [0.4, 0.5) is 0 Å². The van der Waals surface area contributed by atoms with Crippen LogP contribution in [-0.2, 0) is 4.79 Å². The molecule has 1 atom stereocenters. The fourth-order valence-electron chi connectivity index (χ4n) is 2.25. The number of aldehydes is 1. The number of rotatable bonds is 3. The molecule has 0 amide bonds. The van der Waals surface area contributed by atoms with E-state index in [1.165, 1.54) is 11.5 Å². The molecule has 1 nitrogen and oxygen atoms in total. The zero-order valence-corrected chi connectivity index (χ0v) is 10.6. The molecule has 2 rings (SSSR count). The number of hydrogen-bond acceptors (Lipinski definition) is 2. The number of hydrogen-bond donors (Lipinski definition) is 0. The maximum Gasteiger partial charge on any atom is 0.127 e. The van der Waals surface area contributed by atoms with E-state index in [1.807, 2.05) is 36.0 Å². The van der Waals surface area contributed by atoms with Crippen LogP contribution in [0.5, 0.6) is 0 Å². The summed E-state index contributed by atoms with van der Waals surface area (Å²) in [5.41, 5.74) is 1.07. The Hall–Kier alpha value is -0.470. The van der Waals surface area contributed by atoms with Gasteiger partial charge in [-0.15, -0.1) is 0 Å². The lowest BCUT2D eigenvalue weighted by Crippen LogP contribution is -2.19. The van der Waals surface area contributed by atoms with Crippen LogP contribution in [-0.4, -0.2) is 17.8 Å². The second-order valence-corrected chi connectivity index (χ2v) is 5.83. The molecular formula is C13H15ClOS. The quantitative estimate of drug-likeness (QED) is 0.764. The van der Waals surface area contributed by atoms with Crippen molar-refractivity contribution in [3.8, 4) is 0 Å². The molecular weight excluding hydrogens is 240 g/mol. The maximum absolute atomic E-state index is 11.3. The third-order valence-corrected chi connectivity index (χ3v) is 4.44. The Labute approximate surface area is 106 Å². The lowest BCUT2D eigenvalue weighted by Gasteiger charge is -2.26. The van der Waals surface area contributed by atoms with Crippen molar-refractivity contribution in [1.29, 1.82) is 0 Å². The molecule has 3 heteroatoms. The van der Waals surface area contributed by atoms with Gasteiger partial charge in [0.1, 0.15) is 6.29 Å². The average Bonchev–Trinajstić information content (AvgIpc) is 2.31. The van der Waals surface area contributed by atoms with Gasteiger partial charge in [-0.05, 0) is 48.0 Å². The Morgan fingerprint density at radius 2 is 2.12 bits per heavy atom. The van der Waals surface area contributed by atoms with E-state index in [0.717, 1.165) is 29.7 Å². The van der Waals surface area contributed by atoms with E-state index in [-0.39, 0.29) is 5.92 Å². The van der Waals surface area contributed by atoms with Crippen molar-refractivity contribution < 1.29 is 4.79 Å². The highest BCUT2D eigenvalue weighted by atomic mass is 35.5. The summed E-state index contributed by atoms with van der Waals surface area (Å²) < 4.78 is 0. The molecule has 16 heavy (non-hydrogen) atoms. The van der Waals surface area contributed by atoms with Crippen LogP contribution in [0, 0.1) is 5.92 Å². The number of carbonyl (C=O) groups is 1. The molecule has 0 aliphatic carbocycles. The minimum atomic E-state index is 0.0274. The summed E-state index contributed by atoms with van der Waals surface area (Å²) in [7, 11) is 0. The maximum atomic E-state index is 11.3. The first-order valence-corrected chi connectivity index (χ1v) is 7.13. The summed E-state index contributed by atoms with van der Waals surface area (Å²) in [5, 5.41) is 0.717. The van der Waals surface area contributed by atoms with Crippen LogP contribution in [0.15, 0.2) is 24.3 Å². The minimum Gasteiger partial charge on any atom is -0.303 e. The van der Waals surface area contributed by atoms with Crippen LogP contribution < -0.4 is 0 Å². The summed E-state index contributed by atoms with van der Waals surface area (Å²) in [6.07, 6.45) is 3.37. The van der Waals surface area contributed by atoms with Crippen LogP contribution in [0.2, 0.25) is 5.02 Å². The SMILES string of the molecule is O=CC(c1cccc(Cl)c1)C1CCSCC1. The number of thioether (sulfide) groups is 1. The van der Waals surface area contributed by atoms with E-state index in [1.54, 1.807) is 0 Å². The molecule has 0 aromatic heterocycles. The van der Waals surface area contributed by atoms with E-state index in [2.05, 4.69) is 0 Å². The lowest BCUT2D eigenvalue weighted by atomic mass is 9.83. The Kier molecular flexibility index (Phi) is 4.30. The molecule has 1 aromatic carbocycles. The van der Waals surface area contributed by atoms with Crippen molar-refractivity contribution in [2.45, 2.75) is 18.8 Å². The summed E-state index contributed by atoms with van der Waals surface area (Å²) >= 11 is 7.95. The van der Waals surface area contributed by atoms with Gasteiger partial charge in [-0.3, -0.25) is 0 Å². The number of halogens is 1. The first-order chi connectivity index (χ1) is 7.81. The van der Waals surface area contributed by atoms with Gasteiger partial charge in [0.15, 0.2) is 0 Å². The molecule has 1 aliphatic heterocycles. The van der Waals surface area contributed by atoms with Gasteiger partial charge in [-0.25, -0.2) is 0 Å². The predicted molar refractivity (Wildman–Crippen MR) is 70.3 cm³/mol. The molecule has 0 saturated carbocycles. The Bertz CT molecular complexity index is 361. The zero-order valence-electron chi connectivity index (χ0n) is 9.06. The number of benzene rings is 1. The molecule has 1 aromatic rings. The fraction of sp³-hybridized carbons (Fsp3) is 0.462. The molecule has 86 valence electrons. The predicted octanol–water partition coefficient (Wildman–Crippen LogP) is 3.77. The summed E-state index contributed by atoms with van der Waals surface area (Å²) in [5.74, 6) is 2.88. The van der Waals surface area contributed by atoms with Gasteiger partial charge in [0.2, 0.25) is 0 Å². The topological polar surface area (TPSA) is 17.1 Å². The molecule has 1 fully saturated rings. The van der Waals surface area contributed by atoms with Crippen molar-refractivity contribution in [3.63, 3.8) is 0 Å². The standard InChI is InChI=1S/C13H15ClOS/c14-12-3-1-2-11(8-12)13(9-15)10-4-6-16-7-5-10/h1-3,8-10,13H,4-7H2. The molecule has 0 radical (unpaired) electrons. The zero-order chi connectivity index (χ0) is 11.4. The first kappa shape index (κ1) is 12.0. The molecule has 0 bridgehead atoms. The molecule has 1 heterocycles.